The van der Waals surface area contributed by atoms with E-state index in [0.717, 1.165) is 0 Å². The van der Waals surface area contributed by atoms with Gasteiger partial charge in [0.15, 0.2) is 0 Å². The second-order valence-corrected chi connectivity index (χ2v) is 10.0. The van der Waals surface area contributed by atoms with E-state index in [0.29, 0.717) is 0 Å². The summed E-state index contributed by atoms with van der Waals surface area (Å²) in [6, 6.07) is 16.0. The second-order valence-electron chi connectivity index (χ2n) is 8.28. The normalized spacial score (nSPS) is 11.4. The lowest BCUT2D eigenvalue weighted by Gasteiger charge is -2.06. The SMILES string of the molecule is CCCCCCCCCCCCCc1ccc(-c2ccc3c(Br)csc3c2)cc1. The lowest BCUT2D eigenvalue weighted by Crippen LogP contribution is -1.87. The quantitative estimate of drug-likeness (QED) is 0.218. The van der Waals surface area contributed by atoms with E-state index in [2.05, 4.69) is 70.7 Å². The highest BCUT2D eigenvalue weighted by Gasteiger charge is 2.04. The van der Waals surface area contributed by atoms with Gasteiger partial charge in [0.05, 0.1) is 0 Å². The average molecular weight is 472 g/mol. The largest absolute Gasteiger partial charge is 0.143 e. The van der Waals surface area contributed by atoms with Crippen molar-refractivity contribution in [1.82, 2.24) is 0 Å². The van der Waals surface area contributed by atoms with Gasteiger partial charge in [-0.05, 0) is 51.5 Å². The summed E-state index contributed by atoms with van der Waals surface area (Å²) in [5, 5.41) is 3.48. The molecule has 2 heteroatoms. The Morgan fingerprint density at radius 2 is 1.28 bits per heavy atom. The Bertz CT molecular complexity index is 847. The molecule has 0 nitrogen and oxygen atoms in total. The first-order valence-corrected chi connectivity index (χ1v) is 13.2. The van der Waals surface area contributed by atoms with Crippen LogP contribution in [0.25, 0.3) is 21.2 Å². The molecule has 0 unspecified atom stereocenters. The van der Waals surface area contributed by atoms with E-state index in [-0.39, 0.29) is 0 Å². The molecular weight excluding hydrogens is 436 g/mol. The maximum Gasteiger partial charge on any atom is 0.0361 e. The number of unbranched alkanes of at least 4 members (excludes halogenated alkanes) is 10. The second kappa shape index (κ2) is 12.5. The van der Waals surface area contributed by atoms with Crippen LogP contribution in [0.2, 0.25) is 0 Å². The van der Waals surface area contributed by atoms with E-state index in [1.165, 1.54) is 108 Å². The van der Waals surface area contributed by atoms with Gasteiger partial charge in [-0.2, -0.15) is 0 Å². The highest BCUT2D eigenvalue weighted by molar-refractivity contribution is 9.10. The predicted molar refractivity (Wildman–Crippen MR) is 135 cm³/mol. The zero-order valence-corrected chi connectivity index (χ0v) is 20.3. The van der Waals surface area contributed by atoms with E-state index in [9.17, 15) is 0 Å². The molecule has 0 saturated heterocycles. The Balaban J connectivity index is 1.33. The number of rotatable bonds is 13. The first kappa shape index (κ1) is 22.6. The predicted octanol–water partition coefficient (Wildman–Crippen LogP) is 10.2. The summed E-state index contributed by atoms with van der Waals surface area (Å²) < 4.78 is 2.55. The van der Waals surface area contributed by atoms with E-state index in [1.54, 1.807) is 11.3 Å². The number of hydrogen-bond acceptors (Lipinski definition) is 1. The van der Waals surface area contributed by atoms with Crippen molar-refractivity contribution in [3.8, 4) is 11.1 Å². The molecule has 29 heavy (non-hydrogen) atoms. The smallest absolute Gasteiger partial charge is 0.0361 e. The van der Waals surface area contributed by atoms with Crippen LogP contribution in [0.15, 0.2) is 52.3 Å². The number of hydrogen-bond donors (Lipinski definition) is 0. The Morgan fingerprint density at radius 1 is 0.690 bits per heavy atom. The van der Waals surface area contributed by atoms with Crippen LogP contribution in [0.5, 0.6) is 0 Å². The molecule has 3 rings (SSSR count). The van der Waals surface area contributed by atoms with Crippen molar-refractivity contribution >= 4 is 37.4 Å². The fourth-order valence-corrected chi connectivity index (χ4v) is 5.65. The topological polar surface area (TPSA) is 0 Å². The van der Waals surface area contributed by atoms with Crippen LogP contribution >= 0.6 is 27.3 Å². The highest BCUT2D eigenvalue weighted by Crippen LogP contribution is 2.33. The molecule has 1 heterocycles. The van der Waals surface area contributed by atoms with Gasteiger partial charge in [-0.1, -0.05) is 108 Å². The highest BCUT2D eigenvalue weighted by atomic mass is 79.9. The average Bonchev–Trinajstić information content (AvgIpc) is 3.12. The summed E-state index contributed by atoms with van der Waals surface area (Å²) in [5.41, 5.74) is 4.11. The summed E-state index contributed by atoms with van der Waals surface area (Å²) in [7, 11) is 0. The van der Waals surface area contributed by atoms with Crippen molar-refractivity contribution in [1.29, 1.82) is 0 Å². The van der Waals surface area contributed by atoms with Gasteiger partial charge in [-0.3, -0.25) is 0 Å². The zero-order valence-electron chi connectivity index (χ0n) is 17.9. The van der Waals surface area contributed by atoms with Crippen molar-refractivity contribution in [3.05, 3.63) is 57.9 Å². The molecule has 0 amide bonds. The Labute approximate surface area is 189 Å². The summed E-state index contributed by atoms with van der Waals surface area (Å²) >= 11 is 5.43. The molecule has 0 N–H and O–H groups in total. The third kappa shape index (κ3) is 7.26. The number of fused-ring (bicyclic) bond motifs is 1. The van der Waals surface area contributed by atoms with Crippen LogP contribution in [0.4, 0.5) is 0 Å². The van der Waals surface area contributed by atoms with Gasteiger partial charge in [0.1, 0.15) is 0 Å². The molecule has 156 valence electrons. The van der Waals surface area contributed by atoms with Gasteiger partial charge in [-0.25, -0.2) is 0 Å². The van der Waals surface area contributed by atoms with Crippen LogP contribution in [-0.2, 0) is 6.42 Å². The molecule has 0 aliphatic rings. The van der Waals surface area contributed by atoms with Crippen molar-refractivity contribution in [2.45, 2.75) is 84.0 Å². The Morgan fingerprint density at radius 3 is 1.93 bits per heavy atom. The number of benzene rings is 2. The summed E-state index contributed by atoms with van der Waals surface area (Å²) in [4.78, 5) is 0. The van der Waals surface area contributed by atoms with E-state index >= 15 is 0 Å². The minimum Gasteiger partial charge on any atom is -0.143 e. The number of halogens is 1. The zero-order chi connectivity index (χ0) is 20.3. The minimum atomic E-state index is 1.20. The summed E-state index contributed by atoms with van der Waals surface area (Å²) in [5.74, 6) is 0. The van der Waals surface area contributed by atoms with E-state index < -0.39 is 0 Å². The van der Waals surface area contributed by atoms with Crippen LogP contribution in [0.3, 0.4) is 0 Å². The Hall–Kier alpha value is -1.12. The van der Waals surface area contributed by atoms with Crippen molar-refractivity contribution < 1.29 is 0 Å². The molecule has 0 spiro atoms. The molecular formula is C27H35BrS. The maximum atomic E-state index is 3.63. The fraction of sp³-hybridized carbons (Fsp3) is 0.481. The number of thiophene rings is 1. The third-order valence-corrected chi connectivity index (χ3v) is 7.79. The molecule has 0 saturated carbocycles. The van der Waals surface area contributed by atoms with Crippen LogP contribution in [0, 0.1) is 0 Å². The van der Waals surface area contributed by atoms with Gasteiger partial charge in [-0.15, -0.1) is 11.3 Å². The van der Waals surface area contributed by atoms with Gasteiger partial charge in [0.25, 0.3) is 0 Å². The molecule has 0 aliphatic carbocycles. The maximum absolute atomic E-state index is 3.63. The molecule has 2 aromatic carbocycles. The summed E-state index contributed by atoms with van der Waals surface area (Å²) in [6.45, 7) is 2.29. The monoisotopic (exact) mass is 470 g/mol. The van der Waals surface area contributed by atoms with Gasteiger partial charge in [0.2, 0.25) is 0 Å². The van der Waals surface area contributed by atoms with Gasteiger partial charge in [0, 0.05) is 19.9 Å². The first-order valence-electron chi connectivity index (χ1n) is 11.5. The molecule has 0 fully saturated rings. The molecule has 0 aliphatic heterocycles. The lowest BCUT2D eigenvalue weighted by molar-refractivity contribution is 0.549. The van der Waals surface area contributed by atoms with Gasteiger partial charge < -0.3 is 0 Å². The van der Waals surface area contributed by atoms with Crippen molar-refractivity contribution in [2.75, 3.05) is 0 Å². The van der Waals surface area contributed by atoms with Crippen molar-refractivity contribution in [2.24, 2.45) is 0 Å². The molecule has 0 bridgehead atoms. The summed E-state index contributed by atoms with van der Waals surface area (Å²) in [6.07, 6.45) is 16.7. The number of aryl methyl sites for hydroxylation is 1. The van der Waals surface area contributed by atoms with Crippen molar-refractivity contribution in [3.63, 3.8) is 0 Å². The third-order valence-electron chi connectivity index (χ3n) is 5.88. The fourth-order valence-electron chi connectivity index (χ4n) is 4.03. The van der Waals surface area contributed by atoms with Gasteiger partial charge >= 0.3 is 0 Å². The first-order chi connectivity index (χ1) is 14.3. The van der Waals surface area contributed by atoms with Crippen LogP contribution < -0.4 is 0 Å². The van der Waals surface area contributed by atoms with E-state index in [4.69, 9.17) is 0 Å². The molecule has 0 atom stereocenters. The Kier molecular flexibility index (Phi) is 9.76. The molecule has 1 aromatic heterocycles. The lowest BCUT2D eigenvalue weighted by atomic mass is 10.00. The van der Waals surface area contributed by atoms with Crippen LogP contribution in [-0.4, -0.2) is 0 Å². The van der Waals surface area contributed by atoms with Crippen LogP contribution in [0.1, 0.15) is 83.1 Å². The standard InChI is InChI=1S/C27H35BrS/c1-2-3-4-5-6-7-8-9-10-11-12-13-22-14-16-23(17-15-22)24-18-19-25-26(28)21-29-27(25)20-24/h14-21H,2-13H2,1H3. The van der Waals surface area contributed by atoms with E-state index in [1.807, 2.05) is 0 Å². The molecule has 0 radical (unpaired) electrons. The molecule has 3 aromatic rings. The minimum absolute atomic E-state index is 1.20.